The predicted molar refractivity (Wildman–Crippen MR) is 139 cm³/mol. The molecule has 1 fully saturated rings. The molecular weight excluding hydrogens is 466 g/mol. The summed E-state index contributed by atoms with van der Waals surface area (Å²) in [6, 6.07) is 22.0. The van der Waals surface area contributed by atoms with Crippen LogP contribution in [-0.4, -0.2) is 28.2 Å². The molecule has 34 heavy (non-hydrogen) atoms. The van der Waals surface area contributed by atoms with Crippen molar-refractivity contribution < 1.29 is 19.1 Å². The molecule has 1 saturated heterocycles. The molecule has 3 aromatic rings. The van der Waals surface area contributed by atoms with E-state index in [1.165, 1.54) is 18.9 Å². The van der Waals surface area contributed by atoms with Crippen LogP contribution < -0.4 is 9.47 Å². The Bertz CT molecular complexity index is 1290. The average molecular weight is 490 g/mol. The molecule has 1 aliphatic rings. The maximum absolute atomic E-state index is 13.1. The molecule has 1 unspecified atom stereocenters. The molecular formula is C27H23NO4S2. The lowest BCUT2D eigenvalue weighted by Gasteiger charge is -2.23. The highest BCUT2D eigenvalue weighted by atomic mass is 32.2. The summed E-state index contributed by atoms with van der Waals surface area (Å²) in [5.41, 5.74) is 3.07. The minimum Gasteiger partial charge on any atom is -0.493 e. The van der Waals surface area contributed by atoms with Crippen LogP contribution in [0, 0.1) is 6.92 Å². The summed E-state index contributed by atoms with van der Waals surface area (Å²) in [6.45, 7) is 3.81. The Morgan fingerprint density at radius 2 is 1.74 bits per heavy atom. The number of aryl methyl sites for hydroxylation is 1. The third kappa shape index (κ3) is 4.90. The molecule has 4 rings (SSSR count). The van der Waals surface area contributed by atoms with Crippen molar-refractivity contribution in [1.29, 1.82) is 0 Å². The van der Waals surface area contributed by atoms with Crippen LogP contribution in [0.1, 0.15) is 40.0 Å². The Morgan fingerprint density at radius 1 is 1.03 bits per heavy atom. The molecule has 3 aromatic carbocycles. The van der Waals surface area contributed by atoms with Gasteiger partial charge < -0.3 is 9.47 Å². The number of nitrogens with zero attached hydrogens (tertiary/aromatic N) is 1. The number of rotatable bonds is 6. The van der Waals surface area contributed by atoms with Crippen molar-refractivity contribution in [2.75, 3.05) is 7.11 Å². The molecule has 1 atom stereocenters. The fourth-order valence-electron chi connectivity index (χ4n) is 3.66. The van der Waals surface area contributed by atoms with E-state index in [0.717, 1.165) is 16.7 Å². The third-order valence-electron chi connectivity index (χ3n) is 5.55. The van der Waals surface area contributed by atoms with Crippen molar-refractivity contribution in [2.24, 2.45) is 0 Å². The fourth-order valence-corrected chi connectivity index (χ4v) is 5.08. The lowest BCUT2D eigenvalue weighted by Crippen LogP contribution is -2.30. The Balaban J connectivity index is 1.55. The summed E-state index contributed by atoms with van der Waals surface area (Å²) in [7, 11) is 1.51. The quantitative estimate of drug-likeness (QED) is 0.178. The molecule has 1 aliphatic heterocycles. The van der Waals surface area contributed by atoms with Crippen LogP contribution in [0.15, 0.2) is 77.7 Å². The van der Waals surface area contributed by atoms with Gasteiger partial charge in [0.15, 0.2) is 11.5 Å². The second-order valence-electron chi connectivity index (χ2n) is 7.75. The summed E-state index contributed by atoms with van der Waals surface area (Å²) >= 11 is 6.78. The smallest absolute Gasteiger partial charge is 0.343 e. The third-order valence-corrected chi connectivity index (χ3v) is 6.88. The van der Waals surface area contributed by atoms with E-state index < -0.39 is 5.97 Å². The van der Waals surface area contributed by atoms with Crippen LogP contribution in [-0.2, 0) is 4.79 Å². The van der Waals surface area contributed by atoms with Gasteiger partial charge in [-0.25, -0.2) is 4.79 Å². The standard InChI is InChI=1S/C27H23NO4S2/c1-17-9-7-8-12-21(17)26(30)32-22-14-13-19(15-23(22)31-3)16-24-25(29)28(27(33)34-24)18(2)20-10-5-4-6-11-20/h4-16,18H,1-3H3. The number of benzene rings is 3. The zero-order chi connectivity index (χ0) is 24.2. The Hall–Kier alpha value is -3.42. The number of thiocarbonyl (C=S) groups is 1. The topological polar surface area (TPSA) is 55.8 Å². The first-order valence-corrected chi connectivity index (χ1v) is 11.9. The van der Waals surface area contributed by atoms with E-state index in [-0.39, 0.29) is 11.9 Å². The van der Waals surface area contributed by atoms with Gasteiger partial charge in [-0.1, -0.05) is 78.6 Å². The molecule has 1 heterocycles. The summed E-state index contributed by atoms with van der Waals surface area (Å²) in [4.78, 5) is 27.9. The SMILES string of the molecule is COc1cc(C=C2SC(=S)N(C(C)c3ccccc3)C2=O)ccc1OC(=O)c1ccccc1C. The van der Waals surface area contributed by atoms with Crippen LogP contribution in [0.2, 0.25) is 0 Å². The van der Waals surface area contributed by atoms with Gasteiger partial charge in [-0.05, 0) is 54.8 Å². The Labute approximate surface area is 208 Å². The zero-order valence-electron chi connectivity index (χ0n) is 19.0. The Morgan fingerprint density at radius 3 is 2.44 bits per heavy atom. The van der Waals surface area contributed by atoms with E-state index in [1.807, 2.05) is 56.3 Å². The fraction of sp³-hybridized carbons (Fsp3) is 0.148. The molecule has 1 amide bonds. The van der Waals surface area contributed by atoms with Gasteiger partial charge in [-0.3, -0.25) is 9.69 Å². The van der Waals surface area contributed by atoms with Gasteiger partial charge in [0.2, 0.25) is 0 Å². The van der Waals surface area contributed by atoms with Gasteiger partial charge in [0, 0.05) is 0 Å². The van der Waals surface area contributed by atoms with Crippen molar-refractivity contribution in [3.63, 3.8) is 0 Å². The summed E-state index contributed by atoms with van der Waals surface area (Å²) in [6.07, 6.45) is 1.77. The largest absolute Gasteiger partial charge is 0.493 e. The van der Waals surface area contributed by atoms with E-state index in [0.29, 0.717) is 26.3 Å². The maximum Gasteiger partial charge on any atom is 0.343 e. The van der Waals surface area contributed by atoms with Crippen molar-refractivity contribution in [3.05, 3.63) is 100.0 Å². The lowest BCUT2D eigenvalue weighted by atomic mass is 10.1. The zero-order valence-corrected chi connectivity index (χ0v) is 20.6. The summed E-state index contributed by atoms with van der Waals surface area (Å²) in [5, 5.41) is 0. The van der Waals surface area contributed by atoms with Crippen LogP contribution in [0.3, 0.4) is 0 Å². The first-order valence-electron chi connectivity index (χ1n) is 10.7. The van der Waals surface area contributed by atoms with Gasteiger partial charge in [0.05, 0.1) is 23.6 Å². The normalized spacial score (nSPS) is 15.5. The highest BCUT2D eigenvalue weighted by molar-refractivity contribution is 8.26. The number of thioether (sulfide) groups is 1. The van der Waals surface area contributed by atoms with Gasteiger partial charge >= 0.3 is 5.97 Å². The molecule has 7 heteroatoms. The second-order valence-corrected chi connectivity index (χ2v) is 9.43. The highest BCUT2D eigenvalue weighted by Gasteiger charge is 2.35. The number of methoxy groups -OCH3 is 1. The maximum atomic E-state index is 13.1. The summed E-state index contributed by atoms with van der Waals surface area (Å²) in [5.74, 6) is 0.0993. The first-order chi connectivity index (χ1) is 16.4. The van der Waals surface area contributed by atoms with Gasteiger partial charge in [-0.2, -0.15) is 0 Å². The molecule has 5 nitrogen and oxygen atoms in total. The molecule has 0 aromatic heterocycles. The van der Waals surface area contributed by atoms with Crippen LogP contribution in [0.5, 0.6) is 11.5 Å². The van der Waals surface area contributed by atoms with Crippen LogP contribution in [0.4, 0.5) is 0 Å². The lowest BCUT2D eigenvalue weighted by molar-refractivity contribution is -0.123. The van der Waals surface area contributed by atoms with Crippen molar-refractivity contribution in [2.45, 2.75) is 19.9 Å². The molecule has 0 spiro atoms. The number of hydrogen-bond donors (Lipinski definition) is 0. The minimum atomic E-state index is -0.458. The number of carbonyl (C=O) groups is 2. The van der Waals surface area contributed by atoms with Gasteiger partial charge in [0.1, 0.15) is 4.32 Å². The van der Waals surface area contributed by atoms with Crippen LogP contribution in [0.25, 0.3) is 6.08 Å². The number of amides is 1. The first kappa shape index (κ1) is 23.7. The predicted octanol–water partition coefficient (Wildman–Crippen LogP) is 6.19. The molecule has 0 aliphatic carbocycles. The molecule has 0 radical (unpaired) electrons. The van der Waals surface area contributed by atoms with Crippen LogP contribution >= 0.6 is 24.0 Å². The van der Waals surface area contributed by atoms with Crippen molar-refractivity contribution >= 4 is 46.3 Å². The van der Waals surface area contributed by atoms with Gasteiger partial charge in [0.25, 0.3) is 5.91 Å². The molecule has 172 valence electrons. The summed E-state index contributed by atoms with van der Waals surface area (Å²) < 4.78 is 11.5. The number of esters is 1. The van der Waals surface area contributed by atoms with Crippen molar-refractivity contribution in [1.82, 2.24) is 4.90 Å². The number of hydrogen-bond acceptors (Lipinski definition) is 6. The minimum absolute atomic E-state index is 0.139. The number of carbonyl (C=O) groups excluding carboxylic acids is 2. The monoisotopic (exact) mass is 489 g/mol. The van der Waals surface area contributed by atoms with Crippen molar-refractivity contribution in [3.8, 4) is 11.5 Å². The second kappa shape index (κ2) is 10.2. The number of ether oxygens (including phenoxy) is 2. The van der Waals surface area contributed by atoms with E-state index in [4.69, 9.17) is 21.7 Å². The van der Waals surface area contributed by atoms with Gasteiger partial charge in [-0.15, -0.1) is 0 Å². The van der Waals surface area contributed by atoms with E-state index in [9.17, 15) is 9.59 Å². The molecule has 0 saturated carbocycles. The average Bonchev–Trinajstić information content (AvgIpc) is 3.12. The Kier molecular flexibility index (Phi) is 7.14. The van der Waals surface area contributed by atoms with E-state index in [2.05, 4.69) is 0 Å². The van der Waals surface area contributed by atoms with E-state index >= 15 is 0 Å². The highest BCUT2D eigenvalue weighted by Crippen LogP contribution is 2.39. The molecule has 0 bridgehead atoms. The molecule has 0 N–H and O–H groups in total. The van der Waals surface area contributed by atoms with E-state index in [1.54, 1.807) is 41.3 Å².